The molecule has 1 aliphatic rings. The van der Waals surface area contributed by atoms with Gasteiger partial charge in [-0.1, -0.05) is 12.1 Å². The van der Waals surface area contributed by atoms with Gasteiger partial charge in [0.05, 0.1) is 11.6 Å². The summed E-state index contributed by atoms with van der Waals surface area (Å²) in [7, 11) is 1.77. The quantitative estimate of drug-likeness (QED) is 0.746. The van der Waals surface area contributed by atoms with Gasteiger partial charge in [-0.15, -0.1) is 0 Å². The summed E-state index contributed by atoms with van der Waals surface area (Å²) in [4.78, 5) is 2.53. The van der Waals surface area contributed by atoms with Crippen LogP contribution < -0.4 is 0 Å². The molecule has 0 aromatic heterocycles. The number of benzene rings is 1. The van der Waals surface area contributed by atoms with Gasteiger partial charge in [0.2, 0.25) is 0 Å². The molecule has 1 atom stereocenters. The van der Waals surface area contributed by atoms with Crippen molar-refractivity contribution in [3.8, 4) is 6.07 Å². The standard InChI is InChI=1S/C17H24N2O/c1-20-10-4-8-15-7-3-9-19(13-15)14-17-6-2-5-16(11-17)12-18/h2,5-6,11,15H,3-4,7-10,13-14H2,1H3. The molecule has 1 fully saturated rings. The van der Waals surface area contributed by atoms with Crippen LogP contribution in [0, 0.1) is 17.2 Å². The highest BCUT2D eigenvalue weighted by Gasteiger charge is 2.19. The van der Waals surface area contributed by atoms with Gasteiger partial charge in [0.1, 0.15) is 0 Å². The maximum atomic E-state index is 8.95. The Balaban J connectivity index is 1.84. The highest BCUT2D eigenvalue weighted by molar-refractivity contribution is 5.32. The van der Waals surface area contributed by atoms with Gasteiger partial charge in [0.15, 0.2) is 0 Å². The van der Waals surface area contributed by atoms with Crippen molar-refractivity contribution in [2.24, 2.45) is 5.92 Å². The average molecular weight is 272 g/mol. The molecule has 1 aliphatic heterocycles. The van der Waals surface area contributed by atoms with Crippen LogP contribution in [-0.4, -0.2) is 31.7 Å². The molecule has 1 aromatic rings. The molecule has 0 amide bonds. The normalized spacial score (nSPS) is 19.7. The molecule has 20 heavy (non-hydrogen) atoms. The van der Waals surface area contributed by atoms with Crippen LogP contribution >= 0.6 is 0 Å². The van der Waals surface area contributed by atoms with E-state index >= 15 is 0 Å². The van der Waals surface area contributed by atoms with E-state index < -0.39 is 0 Å². The van der Waals surface area contributed by atoms with Crippen LogP contribution in [0.2, 0.25) is 0 Å². The zero-order valence-corrected chi connectivity index (χ0v) is 12.3. The Morgan fingerprint density at radius 2 is 2.35 bits per heavy atom. The fourth-order valence-corrected chi connectivity index (χ4v) is 3.04. The first-order valence-corrected chi connectivity index (χ1v) is 7.52. The van der Waals surface area contributed by atoms with Gasteiger partial charge in [-0.2, -0.15) is 5.26 Å². The minimum Gasteiger partial charge on any atom is -0.385 e. The molecule has 0 bridgehead atoms. The Kier molecular flexibility index (Phi) is 6.04. The zero-order chi connectivity index (χ0) is 14.2. The molecule has 0 radical (unpaired) electrons. The second kappa shape index (κ2) is 8.04. The predicted molar refractivity (Wildman–Crippen MR) is 80.3 cm³/mol. The number of piperidine rings is 1. The van der Waals surface area contributed by atoms with Crippen LogP contribution in [0.25, 0.3) is 0 Å². The largest absolute Gasteiger partial charge is 0.385 e. The fraction of sp³-hybridized carbons (Fsp3) is 0.588. The lowest BCUT2D eigenvalue weighted by Crippen LogP contribution is -2.35. The van der Waals surface area contributed by atoms with E-state index in [0.717, 1.165) is 24.6 Å². The Morgan fingerprint density at radius 1 is 1.45 bits per heavy atom. The van der Waals surface area contributed by atoms with Crippen molar-refractivity contribution in [3.05, 3.63) is 35.4 Å². The van der Waals surface area contributed by atoms with Gasteiger partial charge in [0.25, 0.3) is 0 Å². The van der Waals surface area contributed by atoms with E-state index in [9.17, 15) is 0 Å². The summed E-state index contributed by atoms with van der Waals surface area (Å²) in [6, 6.07) is 10.2. The van der Waals surface area contributed by atoms with Crippen LogP contribution in [0.1, 0.15) is 36.8 Å². The topological polar surface area (TPSA) is 36.3 Å². The average Bonchev–Trinajstić information content (AvgIpc) is 2.48. The summed E-state index contributed by atoms with van der Waals surface area (Å²) in [5.41, 5.74) is 2.01. The first-order chi connectivity index (χ1) is 9.81. The van der Waals surface area contributed by atoms with Gasteiger partial charge in [0, 0.05) is 26.8 Å². The minimum absolute atomic E-state index is 0.760. The number of ether oxygens (including phenoxy) is 1. The second-order valence-corrected chi connectivity index (χ2v) is 5.69. The number of hydrogen-bond acceptors (Lipinski definition) is 3. The molecule has 0 N–H and O–H groups in total. The van der Waals surface area contributed by atoms with E-state index in [1.165, 1.54) is 44.3 Å². The molecule has 0 aliphatic carbocycles. The highest BCUT2D eigenvalue weighted by Crippen LogP contribution is 2.22. The Bertz CT molecular complexity index is 453. The molecule has 3 heteroatoms. The molecule has 1 saturated heterocycles. The van der Waals surface area contributed by atoms with Crippen molar-refractivity contribution >= 4 is 0 Å². The van der Waals surface area contributed by atoms with Gasteiger partial charge in [-0.25, -0.2) is 0 Å². The summed E-state index contributed by atoms with van der Waals surface area (Å²) in [5.74, 6) is 0.804. The monoisotopic (exact) mass is 272 g/mol. The third-order valence-corrected chi connectivity index (χ3v) is 4.03. The van der Waals surface area contributed by atoms with Crippen molar-refractivity contribution in [2.75, 3.05) is 26.8 Å². The summed E-state index contributed by atoms with van der Waals surface area (Å²) in [5, 5.41) is 8.95. The van der Waals surface area contributed by atoms with Crippen LogP contribution in [0.15, 0.2) is 24.3 Å². The van der Waals surface area contributed by atoms with Crippen LogP contribution in [-0.2, 0) is 11.3 Å². The van der Waals surface area contributed by atoms with E-state index in [1.54, 1.807) is 7.11 Å². The first kappa shape index (κ1) is 15.0. The van der Waals surface area contributed by atoms with Crippen molar-refractivity contribution in [2.45, 2.75) is 32.2 Å². The maximum Gasteiger partial charge on any atom is 0.0991 e. The van der Waals surface area contributed by atoms with Crippen molar-refractivity contribution < 1.29 is 4.74 Å². The molecule has 0 spiro atoms. The number of rotatable bonds is 6. The Labute approximate surface area is 122 Å². The van der Waals surface area contributed by atoms with E-state index in [-0.39, 0.29) is 0 Å². The van der Waals surface area contributed by atoms with Gasteiger partial charge in [-0.3, -0.25) is 4.90 Å². The molecule has 108 valence electrons. The highest BCUT2D eigenvalue weighted by atomic mass is 16.5. The molecule has 1 aromatic carbocycles. The summed E-state index contributed by atoms with van der Waals surface area (Å²) < 4.78 is 5.14. The zero-order valence-electron chi connectivity index (χ0n) is 12.3. The molecular formula is C17H24N2O. The molecule has 1 unspecified atom stereocenters. The van der Waals surface area contributed by atoms with Crippen molar-refractivity contribution in [1.82, 2.24) is 4.90 Å². The number of methoxy groups -OCH3 is 1. The van der Waals surface area contributed by atoms with Gasteiger partial charge in [-0.05, 0) is 55.8 Å². The summed E-state index contributed by atoms with van der Waals surface area (Å²) in [6.07, 6.45) is 5.07. The molecular weight excluding hydrogens is 248 g/mol. The lowest BCUT2D eigenvalue weighted by molar-refractivity contribution is 0.142. The molecule has 0 saturated carbocycles. The van der Waals surface area contributed by atoms with Crippen molar-refractivity contribution in [3.63, 3.8) is 0 Å². The molecule has 3 nitrogen and oxygen atoms in total. The molecule has 1 heterocycles. The van der Waals surface area contributed by atoms with E-state index in [0.29, 0.717) is 0 Å². The Hall–Kier alpha value is -1.37. The van der Waals surface area contributed by atoms with Crippen LogP contribution in [0.5, 0.6) is 0 Å². The minimum atomic E-state index is 0.760. The second-order valence-electron chi connectivity index (χ2n) is 5.69. The van der Waals surface area contributed by atoms with Gasteiger partial charge < -0.3 is 4.74 Å². The van der Waals surface area contributed by atoms with Crippen molar-refractivity contribution in [1.29, 1.82) is 5.26 Å². The third-order valence-electron chi connectivity index (χ3n) is 4.03. The number of hydrogen-bond donors (Lipinski definition) is 0. The number of nitrogens with zero attached hydrogens (tertiary/aromatic N) is 2. The number of nitriles is 1. The molecule has 2 rings (SSSR count). The summed E-state index contributed by atoms with van der Waals surface area (Å²) >= 11 is 0. The number of likely N-dealkylation sites (tertiary alicyclic amines) is 1. The van der Waals surface area contributed by atoms with E-state index in [1.807, 2.05) is 18.2 Å². The smallest absolute Gasteiger partial charge is 0.0991 e. The van der Waals surface area contributed by atoms with Crippen LogP contribution in [0.3, 0.4) is 0 Å². The fourth-order valence-electron chi connectivity index (χ4n) is 3.04. The lowest BCUT2D eigenvalue weighted by Gasteiger charge is -2.32. The SMILES string of the molecule is COCCCC1CCCN(Cc2cccc(C#N)c2)C1. The van der Waals surface area contributed by atoms with Gasteiger partial charge >= 0.3 is 0 Å². The predicted octanol–water partition coefficient (Wildman–Crippen LogP) is 3.20. The van der Waals surface area contributed by atoms with Crippen LogP contribution in [0.4, 0.5) is 0 Å². The maximum absolute atomic E-state index is 8.95. The summed E-state index contributed by atoms with van der Waals surface area (Å²) in [6.45, 7) is 4.20. The Morgan fingerprint density at radius 3 is 3.15 bits per heavy atom. The first-order valence-electron chi connectivity index (χ1n) is 7.52. The van der Waals surface area contributed by atoms with E-state index in [2.05, 4.69) is 17.0 Å². The van der Waals surface area contributed by atoms with E-state index in [4.69, 9.17) is 10.00 Å². The lowest BCUT2D eigenvalue weighted by atomic mass is 9.93. The third kappa shape index (κ3) is 4.63.